The number of hydrogen-bond donors (Lipinski definition) is 0. The predicted octanol–water partition coefficient (Wildman–Crippen LogP) is 3.24. The van der Waals surface area contributed by atoms with Gasteiger partial charge in [0, 0.05) is 27.6 Å². The zero-order valence-electron chi connectivity index (χ0n) is 11.8. The van der Waals surface area contributed by atoms with Gasteiger partial charge in [0.1, 0.15) is 6.10 Å². The molecule has 2 fully saturated rings. The average molecular weight is 353 g/mol. The summed E-state index contributed by atoms with van der Waals surface area (Å²) in [6, 6.07) is 3.97. The lowest BCUT2D eigenvalue weighted by Gasteiger charge is -2.51. The van der Waals surface area contributed by atoms with Gasteiger partial charge < -0.3 is 4.74 Å². The van der Waals surface area contributed by atoms with E-state index in [4.69, 9.17) is 4.74 Å². The Hall–Kier alpha value is -1.14. The van der Waals surface area contributed by atoms with Gasteiger partial charge in [-0.15, -0.1) is 0 Å². The normalized spacial score (nSPS) is 34.0. The maximum Gasteiger partial charge on any atom is 0.312 e. The molecular weight excluding hydrogens is 336 g/mol. The van der Waals surface area contributed by atoms with Gasteiger partial charge in [-0.3, -0.25) is 15.0 Å². The Morgan fingerprint density at radius 2 is 2.29 bits per heavy atom. The molecule has 3 aliphatic rings. The molecule has 1 saturated heterocycles. The Labute approximate surface area is 131 Å². The molecule has 0 unspecified atom stereocenters. The van der Waals surface area contributed by atoms with Crippen molar-refractivity contribution < 1.29 is 9.66 Å². The van der Waals surface area contributed by atoms with Crippen LogP contribution in [0.5, 0.6) is 5.75 Å². The van der Waals surface area contributed by atoms with E-state index in [2.05, 4.69) is 27.9 Å². The van der Waals surface area contributed by atoms with Crippen molar-refractivity contribution in [3.63, 3.8) is 0 Å². The highest BCUT2D eigenvalue weighted by Gasteiger charge is 2.58. The first-order chi connectivity index (χ1) is 10.0. The molecule has 4 rings (SSSR count). The van der Waals surface area contributed by atoms with E-state index in [0.717, 1.165) is 42.3 Å². The SMILES string of the molecule is CN1CC[C@]23CCC[C@H]1[C@@H]2Oc1c([N+](=O)[O-])cc(Br)cc13. The quantitative estimate of drug-likeness (QED) is 0.575. The first-order valence-corrected chi connectivity index (χ1v) is 8.17. The van der Waals surface area contributed by atoms with Gasteiger partial charge in [-0.25, -0.2) is 0 Å². The third kappa shape index (κ3) is 1.72. The Morgan fingerprint density at radius 3 is 3.05 bits per heavy atom. The fourth-order valence-electron chi connectivity index (χ4n) is 4.50. The Kier molecular flexibility index (Phi) is 2.85. The van der Waals surface area contributed by atoms with Crippen LogP contribution in [0.1, 0.15) is 31.2 Å². The lowest BCUT2D eigenvalue weighted by atomic mass is 9.62. The molecule has 5 nitrogen and oxygen atoms in total. The molecule has 1 aromatic rings. The first kappa shape index (κ1) is 13.5. The highest BCUT2D eigenvalue weighted by molar-refractivity contribution is 9.10. The lowest BCUT2D eigenvalue weighted by Crippen LogP contribution is -2.60. The average Bonchev–Trinajstić information content (AvgIpc) is 2.78. The minimum atomic E-state index is -0.328. The summed E-state index contributed by atoms with van der Waals surface area (Å²) in [5, 5.41) is 11.4. The van der Waals surface area contributed by atoms with E-state index in [1.54, 1.807) is 6.07 Å². The fourth-order valence-corrected chi connectivity index (χ4v) is 4.94. The third-order valence-electron chi connectivity index (χ3n) is 5.51. The van der Waals surface area contributed by atoms with Gasteiger partial charge in [0.05, 0.1) is 4.92 Å². The summed E-state index contributed by atoms with van der Waals surface area (Å²) >= 11 is 3.43. The third-order valence-corrected chi connectivity index (χ3v) is 5.96. The van der Waals surface area contributed by atoms with Crippen LogP contribution in [0.25, 0.3) is 0 Å². The fraction of sp³-hybridized carbons (Fsp3) is 0.600. The number of likely N-dealkylation sites (tertiary alicyclic amines) is 1. The van der Waals surface area contributed by atoms with E-state index in [1.807, 2.05) is 6.07 Å². The topological polar surface area (TPSA) is 55.6 Å². The number of piperidine rings is 1. The van der Waals surface area contributed by atoms with Gasteiger partial charge in [-0.2, -0.15) is 0 Å². The van der Waals surface area contributed by atoms with Crippen molar-refractivity contribution in [1.29, 1.82) is 0 Å². The molecule has 2 bridgehead atoms. The van der Waals surface area contributed by atoms with E-state index in [-0.39, 0.29) is 22.1 Å². The van der Waals surface area contributed by atoms with Crippen LogP contribution in [0.2, 0.25) is 0 Å². The van der Waals surface area contributed by atoms with Crippen molar-refractivity contribution in [2.24, 2.45) is 0 Å². The van der Waals surface area contributed by atoms with E-state index in [1.165, 1.54) is 0 Å². The number of rotatable bonds is 1. The van der Waals surface area contributed by atoms with Gasteiger partial charge in [-0.05, 0) is 38.9 Å². The van der Waals surface area contributed by atoms with Crippen molar-refractivity contribution >= 4 is 21.6 Å². The Bertz CT molecular complexity index is 636. The summed E-state index contributed by atoms with van der Waals surface area (Å²) in [4.78, 5) is 13.4. The molecule has 6 heteroatoms. The number of ether oxygens (including phenoxy) is 1. The second kappa shape index (κ2) is 4.43. The van der Waals surface area contributed by atoms with Gasteiger partial charge in [0.15, 0.2) is 0 Å². The number of likely N-dealkylation sites (N-methyl/N-ethyl adjacent to an activating group) is 1. The molecule has 1 aromatic carbocycles. The second-order valence-corrected chi connectivity index (χ2v) is 7.36. The van der Waals surface area contributed by atoms with Crippen molar-refractivity contribution in [2.75, 3.05) is 13.6 Å². The molecule has 0 N–H and O–H groups in total. The van der Waals surface area contributed by atoms with Crippen LogP contribution in [-0.2, 0) is 5.41 Å². The van der Waals surface area contributed by atoms with E-state index in [0.29, 0.717) is 11.8 Å². The zero-order chi connectivity index (χ0) is 14.8. The highest BCUT2D eigenvalue weighted by atomic mass is 79.9. The summed E-state index contributed by atoms with van der Waals surface area (Å²) in [7, 11) is 2.14. The van der Waals surface area contributed by atoms with Crippen LogP contribution in [0.4, 0.5) is 5.69 Å². The standard InChI is InChI=1S/C15H17BrN2O3/c1-17-6-5-15-4-2-3-11(17)14(15)21-13-10(15)7-9(16)8-12(13)18(19)20/h7-8,11,14H,2-6H2,1H3/t11-,14-,15-/m0/s1. The number of nitrogens with zero attached hydrogens (tertiary/aromatic N) is 2. The highest BCUT2D eigenvalue weighted by Crippen LogP contribution is 2.58. The second-order valence-electron chi connectivity index (χ2n) is 6.44. The molecule has 2 aliphatic heterocycles. The molecule has 0 spiro atoms. The molecule has 0 amide bonds. The predicted molar refractivity (Wildman–Crippen MR) is 81.8 cm³/mol. The maximum absolute atomic E-state index is 11.4. The number of hydrogen-bond acceptors (Lipinski definition) is 4. The van der Waals surface area contributed by atoms with E-state index in [9.17, 15) is 10.1 Å². The van der Waals surface area contributed by atoms with Gasteiger partial charge in [-0.1, -0.05) is 22.4 Å². The Balaban J connectivity index is 1.91. The lowest BCUT2D eigenvalue weighted by molar-refractivity contribution is -0.386. The molecular formula is C15H17BrN2O3. The minimum Gasteiger partial charge on any atom is -0.481 e. The molecule has 1 saturated carbocycles. The number of nitro groups is 1. The van der Waals surface area contributed by atoms with E-state index < -0.39 is 0 Å². The molecule has 3 atom stereocenters. The smallest absolute Gasteiger partial charge is 0.312 e. The minimum absolute atomic E-state index is 0.0285. The van der Waals surface area contributed by atoms with Crippen LogP contribution < -0.4 is 4.74 Å². The van der Waals surface area contributed by atoms with E-state index >= 15 is 0 Å². The summed E-state index contributed by atoms with van der Waals surface area (Å²) < 4.78 is 6.95. The van der Waals surface area contributed by atoms with Crippen LogP contribution in [-0.4, -0.2) is 35.6 Å². The number of fused-ring (bicyclic) bond motifs is 1. The summed E-state index contributed by atoms with van der Waals surface area (Å²) in [5.41, 5.74) is 1.11. The van der Waals surface area contributed by atoms with Crippen molar-refractivity contribution in [3.8, 4) is 5.75 Å². The summed E-state index contributed by atoms with van der Waals surface area (Å²) in [5.74, 6) is 0.510. The first-order valence-electron chi connectivity index (χ1n) is 7.38. The van der Waals surface area contributed by atoms with Crippen LogP contribution in [0.3, 0.4) is 0 Å². The van der Waals surface area contributed by atoms with Crippen molar-refractivity contribution in [3.05, 3.63) is 32.3 Å². The summed E-state index contributed by atoms with van der Waals surface area (Å²) in [6.07, 6.45) is 4.43. The largest absolute Gasteiger partial charge is 0.481 e. The Morgan fingerprint density at radius 1 is 1.48 bits per heavy atom. The van der Waals surface area contributed by atoms with Crippen LogP contribution >= 0.6 is 15.9 Å². The molecule has 112 valence electrons. The molecule has 1 aliphatic carbocycles. The number of nitro benzene ring substituents is 1. The molecule has 21 heavy (non-hydrogen) atoms. The van der Waals surface area contributed by atoms with Crippen molar-refractivity contribution in [1.82, 2.24) is 4.90 Å². The number of halogens is 1. The molecule has 0 aromatic heterocycles. The summed E-state index contributed by atoms with van der Waals surface area (Å²) in [6.45, 7) is 1.03. The maximum atomic E-state index is 11.4. The molecule has 0 radical (unpaired) electrons. The van der Waals surface area contributed by atoms with Gasteiger partial charge in [0.2, 0.25) is 5.75 Å². The zero-order valence-corrected chi connectivity index (χ0v) is 13.4. The van der Waals surface area contributed by atoms with Crippen LogP contribution in [0.15, 0.2) is 16.6 Å². The van der Waals surface area contributed by atoms with Gasteiger partial charge >= 0.3 is 5.69 Å². The number of benzene rings is 1. The van der Waals surface area contributed by atoms with Crippen molar-refractivity contribution in [2.45, 2.75) is 43.2 Å². The van der Waals surface area contributed by atoms with Gasteiger partial charge in [0.25, 0.3) is 0 Å². The monoisotopic (exact) mass is 352 g/mol. The van der Waals surface area contributed by atoms with Crippen LogP contribution in [0, 0.1) is 10.1 Å². The molecule has 2 heterocycles.